The average molecular weight is 488 g/mol. The molecule has 1 aliphatic heterocycles. The molecule has 5 aromatic rings. The lowest BCUT2D eigenvalue weighted by atomic mass is 10.2. The van der Waals surface area contributed by atoms with Gasteiger partial charge >= 0.3 is 0 Å². The van der Waals surface area contributed by atoms with Crippen molar-refractivity contribution in [3.05, 3.63) is 60.3 Å². The number of anilines is 3. The molecule has 176 valence electrons. The molecular weight excluding hydrogens is 466 g/mol. The number of imidazole rings is 1. The zero-order valence-corrected chi connectivity index (χ0v) is 19.7. The number of nitrogens with zero attached hydrogens (tertiary/aromatic N) is 7. The van der Waals surface area contributed by atoms with Gasteiger partial charge in [0.25, 0.3) is 0 Å². The Morgan fingerprint density at radius 2 is 1.89 bits per heavy atom. The van der Waals surface area contributed by atoms with Gasteiger partial charge in [0, 0.05) is 45.0 Å². The number of ether oxygens (including phenoxy) is 1. The maximum atomic E-state index is 6.55. The molecular formula is C24H22ClN9O. The summed E-state index contributed by atoms with van der Waals surface area (Å²) >= 11 is 6.55. The molecule has 0 radical (unpaired) electrons. The van der Waals surface area contributed by atoms with Gasteiger partial charge in [0.15, 0.2) is 11.5 Å². The lowest BCUT2D eigenvalue weighted by molar-refractivity contribution is 0.481. The number of aryl methyl sites for hydroxylation is 1. The monoisotopic (exact) mass is 487 g/mol. The zero-order chi connectivity index (χ0) is 23.8. The Balaban J connectivity index is 1.25. The standard InChI is InChI=1S/C24H22ClN9O/c1-33-14-30-19-11-16(12-27-24(19)33)35-20-4-2-15(10-17(20)25)31-23-22-18(28-13-29-23)3-5-21(32-22)34-8-6-26-7-9-34/h2-5,10-14,26H,6-9H2,1H3,(H,28,29,31). The summed E-state index contributed by atoms with van der Waals surface area (Å²) in [5.74, 6) is 2.60. The van der Waals surface area contributed by atoms with Crippen LogP contribution in [0.5, 0.6) is 11.5 Å². The minimum atomic E-state index is 0.448. The van der Waals surface area contributed by atoms with Crippen LogP contribution in [0.4, 0.5) is 17.3 Å². The van der Waals surface area contributed by atoms with Crippen LogP contribution >= 0.6 is 11.6 Å². The molecule has 4 aromatic heterocycles. The van der Waals surface area contributed by atoms with Crippen molar-refractivity contribution in [2.24, 2.45) is 7.05 Å². The number of hydrogen-bond acceptors (Lipinski definition) is 9. The number of piperazine rings is 1. The van der Waals surface area contributed by atoms with E-state index in [1.807, 2.05) is 35.9 Å². The number of fused-ring (bicyclic) bond motifs is 2. The minimum absolute atomic E-state index is 0.448. The van der Waals surface area contributed by atoms with Crippen molar-refractivity contribution >= 4 is 51.1 Å². The first kappa shape index (κ1) is 21.5. The summed E-state index contributed by atoms with van der Waals surface area (Å²) in [4.78, 5) is 24.6. The van der Waals surface area contributed by atoms with Crippen LogP contribution in [0.2, 0.25) is 5.02 Å². The number of pyridine rings is 2. The summed E-state index contributed by atoms with van der Waals surface area (Å²) in [6.45, 7) is 3.70. The predicted molar refractivity (Wildman–Crippen MR) is 136 cm³/mol. The molecule has 11 heteroatoms. The highest BCUT2D eigenvalue weighted by atomic mass is 35.5. The van der Waals surface area contributed by atoms with Gasteiger partial charge in [-0.25, -0.2) is 24.9 Å². The fourth-order valence-electron chi connectivity index (χ4n) is 4.07. The van der Waals surface area contributed by atoms with Crippen LogP contribution in [-0.4, -0.2) is 55.7 Å². The van der Waals surface area contributed by atoms with Crippen molar-refractivity contribution in [1.82, 2.24) is 34.8 Å². The highest BCUT2D eigenvalue weighted by Crippen LogP contribution is 2.33. The second kappa shape index (κ2) is 8.97. The largest absolute Gasteiger partial charge is 0.454 e. The van der Waals surface area contributed by atoms with E-state index in [1.54, 1.807) is 24.7 Å². The van der Waals surface area contributed by atoms with Gasteiger partial charge in [0.2, 0.25) is 0 Å². The number of rotatable bonds is 5. The SMILES string of the molecule is Cn1cnc2cc(Oc3ccc(Nc4ncnc5ccc(N6CCNCC6)nc45)cc3Cl)cnc21. The van der Waals surface area contributed by atoms with Gasteiger partial charge in [-0.05, 0) is 30.3 Å². The number of aromatic nitrogens is 6. The van der Waals surface area contributed by atoms with Crippen LogP contribution in [0, 0.1) is 0 Å². The second-order valence-electron chi connectivity index (χ2n) is 8.24. The fraction of sp³-hybridized carbons (Fsp3) is 0.208. The molecule has 0 bridgehead atoms. The maximum Gasteiger partial charge on any atom is 0.160 e. The van der Waals surface area contributed by atoms with Crippen molar-refractivity contribution in [3.63, 3.8) is 0 Å². The second-order valence-corrected chi connectivity index (χ2v) is 8.65. The van der Waals surface area contributed by atoms with Crippen LogP contribution in [0.3, 0.4) is 0 Å². The Hall–Kier alpha value is -4.02. The van der Waals surface area contributed by atoms with Crippen LogP contribution < -0.4 is 20.3 Å². The maximum absolute atomic E-state index is 6.55. The van der Waals surface area contributed by atoms with Gasteiger partial charge in [-0.2, -0.15) is 0 Å². The molecule has 1 aromatic carbocycles. The summed E-state index contributed by atoms with van der Waals surface area (Å²) in [5.41, 5.74) is 3.77. The van der Waals surface area contributed by atoms with E-state index in [9.17, 15) is 0 Å². The Morgan fingerprint density at radius 3 is 2.74 bits per heavy atom. The Bertz CT molecular complexity index is 1530. The molecule has 0 saturated carbocycles. The lowest BCUT2D eigenvalue weighted by Crippen LogP contribution is -2.43. The van der Waals surface area contributed by atoms with Gasteiger partial charge in [-0.15, -0.1) is 0 Å². The molecule has 10 nitrogen and oxygen atoms in total. The van der Waals surface area contributed by atoms with Crippen molar-refractivity contribution in [3.8, 4) is 11.5 Å². The average Bonchev–Trinajstić information content (AvgIpc) is 3.26. The molecule has 0 aliphatic carbocycles. The quantitative estimate of drug-likeness (QED) is 0.381. The third-order valence-electron chi connectivity index (χ3n) is 5.86. The van der Waals surface area contributed by atoms with E-state index in [0.717, 1.165) is 54.4 Å². The summed E-state index contributed by atoms with van der Waals surface area (Å²) in [7, 11) is 1.90. The molecule has 0 unspecified atom stereocenters. The topological polar surface area (TPSA) is 106 Å². The first-order valence-electron chi connectivity index (χ1n) is 11.2. The van der Waals surface area contributed by atoms with E-state index in [4.69, 9.17) is 21.3 Å². The molecule has 5 heterocycles. The summed E-state index contributed by atoms with van der Waals surface area (Å²) in [5, 5.41) is 7.14. The lowest BCUT2D eigenvalue weighted by Gasteiger charge is -2.28. The zero-order valence-electron chi connectivity index (χ0n) is 18.9. The molecule has 1 saturated heterocycles. The molecule has 0 spiro atoms. The normalized spacial score (nSPS) is 13.9. The predicted octanol–water partition coefficient (Wildman–Crippen LogP) is 3.91. The van der Waals surface area contributed by atoms with E-state index in [0.29, 0.717) is 27.9 Å². The smallest absolute Gasteiger partial charge is 0.160 e. The van der Waals surface area contributed by atoms with Crippen LogP contribution in [0.1, 0.15) is 0 Å². The highest BCUT2D eigenvalue weighted by Gasteiger charge is 2.15. The molecule has 1 fully saturated rings. The number of nitrogens with one attached hydrogen (secondary N) is 2. The molecule has 0 amide bonds. The van der Waals surface area contributed by atoms with Crippen molar-refractivity contribution in [2.45, 2.75) is 0 Å². The fourth-order valence-corrected chi connectivity index (χ4v) is 4.29. The summed E-state index contributed by atoms with van der Waals surface area (Å²) in [6, 6.07) is 11.3. The van der Waals surface area contributed by atoms with E-state index >= 15 is 0 Å². The molecule has 6 rings (SSSR count). The van der Waals surface area contributed by atoms with Gasteiger partial charge < -0.3 is 24.8 Å². The minimum Gasteiger partial charge on any atom is -0.454 e. The Kier molecular flexibility index (Phi) is 5.51. The highest BCUT2D eigenvalue weighted by molar-refractivity contribution is 6.32. The number of benzene rings is 1. The summed E-state index contributed by atoms with van der Waals surface area (Å²) < 4.78 is 7.82. The number of hydrogen-bond donors (Lipinski definition) is 2. The van der Waals surface area contributed by atoms with Crippen molar-refractivity contribution in [1.29, 1.82) is 0 Å². The van der Waals surface area contributed by atoms with Gasteiger partial charge in [0.1, 0.15) is 34.7 Å². The molecule has 2 N–H and O–H groups in total. The first-order chi connectivity index (χ1) is 17.1. The van der Waals surface area contributed by atoms with Crippen LogP contribution in [0.25, 0.3) is 22.2 Å². The van der Waals surface area contributed by atoms with E-state index < -0.39 is 0 Å². The van der Waals surface area contributed by atoms with E-state index in [1.165, 1.54) is 6.33 Å². The van der Waals surface area contributed by atoms with Crippen molar-refractivity contribution in [2.75, 3.05) is 36.4 Å². The summed E-state index contributed by atoms with van der Waals surface area (Å²) in [6.07, 6.45) is 4.89. The number of halogens is 1. The van der Waals surface area contributed by atoms with E-state index in [-0.39, 0.29) is 0 Å². The third kappa shape index (κ3) is 4.29. The van der Waals surface area contributed by atoms with Crippen LogP contribution in [0.15, 0.2) is 55.2 Å². The van der Waals surface area contributed by atoms with E-state index in [2.05, 4.69) is 35.5 Å². The van der Waals surface area contributed by atoms with Crippen molar-refractivity contribution < 1.29 is 4.74 Å². The third-order valence-corrected chi connectivity index (χ3v) is 6.15. The molecule has 1 aliphatic rings. The molecule has 35 heavy (non-hydrogen) atoms. The first-order valence-corrected chi connectivity index (χ1v) is 11.6. The Morgan fingerprint density at radius 1 is 1.00 bits per heavy atom. The molecule has 0 atom stereocenters. The van der Waals surface area contributed by atoms with Gasteiger partial charge in [-0.1, -0.05) is 11.6 Å². The van der Waals surface area contributed by atoms with Gasteiger partial charge in [0.05, 0.1) is 23.1 Å². The van der Waals surface area contributed by atoms with Crippen LogP contribution in [-0.2, 0) is 7.05 Å². The van der Waals surface area contributed by atoms with Gasteiger partial charge in [-0.3, -0.25) is 0 Å². The Labute approximate surface area is 206 Å².